The van der Waals surface area contributed by atoms with E-state index in [0.29, 0.717) is 17.9 Å². The van der Waals surface area contributed by atoms with Crippen molar-refractivity contribution in [2.75, 3.05) is 12.4 Å². The summed E-state index contributed by atoms with van der Waals surface area (Å²) in [5.74, 6) is 0.666. The van der Waals surface area contributed by atoms with Crippen molar-refractivity contribution >= 4 is 16.7 Å². The molecule has 0 saturated heterocycles. The zero-order valence-electron chi connectivity index (χ0n) is 12.6. The number of anilines is 1. The van der Waals surface area contributed by atoms with Crippen LogP contribution in [0.5, 0.6) is 5.75 Å². The summed E-state index contributed by atoms with van der Waals surface area (Å²) in [6.07, 6.45) is 0. The number of ether oxygens (including phenoxy) is 1. The fourth-order valence-electron chi connectivity index (χ4n) is 2.45. The number of para-hydroxylation sites is 1. The molecule has 0 aliphatic carbocycles. The van der Waals surface area contributed by atoms with Crippen LogP contribution in [0.15, 0.2) is 57.7 Å². The van der Waals surface area contributed by atoms with Crippen LogP contribution in [0.4, 0.5) is 5.69 Å². The lowest BCUT2D eigenvalue weighted by Crippen LogP contribution is -2.06. The minimum atomic E-state index is -0.359. The van der Waals surface area contributed by atoms with E-state index in [9.17, 15) is 4.79 Å². The van der Waals surface area contributed by atoms with Gasteiger partial charge in [-0.05, 0) is 36.2 Å². The van der Waals surface area contributed by atoms with E-state index in [1.54, 1.807) is 13.2 Å². The van der Waals surface area contributed by atoms with Crippen LogP contribution < -0.4 is 15.7 Å². The van der Waals surface area contributed by atoms with E-state index >= 15 is 0 Å². The Balaban J connectivity index is 1.96. The Morgan fingerprint density at radius 1 is 1.14 bits per heavy atom. The van der Waals surface area contributed by atoms with Crippen molar-refractivity contribution in [1.82, 2.24) is 0 Å². The first-order valence-electron chi connectivity index (χ1n) is 7.07. The number of fused-ring (bicyclic) bond motifs is 1. The fourth-order valence-corrected chi connectivity index (χ4v) is 2.45. The van der Waals surface area contributed by atoms with E-state index < -0.39 is 0 Å². The van der Waals surface area contributed by atoms with E-state index in [-0.39, 0.29) is 5.63 Å². The maximum Gasteiger partial charge on any atom is 0.336 e. The number of hydrogen-bond acceptors (Lipinski definition) is 4. The molecule has 0 radical (unpaired) electrons. The highest BCUT2D eigenvalue weighted by atomic mass is 16.5. The predicted molar refractivity (Wildman–Crippen MR) is 87.5 cm³/mol. The Morgan fingerprint density at radius 3 is 2.73 bits per heavy atom. The number of nitrogens with one attached hydrogen (secondary N) is 1. The molecule has 0 aliphatic rings. The fraction of sp³-hybridized carbons (Fsp3) is 0.167. The maximum absolute atomic E-state index is 11.7. The molecule has 0 aliphatic heterocycles. The number of aryl methyl sites for hydroxylation is 1. The molecule has 0 unspecified atom stereocenters. The zero-order valence-corrected chi connectivity index (χ0v) is 12.6. The van der Waals surface area contributed by atoms with Crippen molar-refractivity contribution in [3.8, 4) is 5.75 Å². The second-order valence-corrected chi connectivity index (χ2v) is 5.12. The van der Waals surface area contributed by atoms with Crippen molar-refractivity contribution in [3.63, 3.8) is 0 Å². The van der Waals surface area contributed by atoms with Gasteiger partial charge in [0.15, 0.2) is 0 Å². The number of hydrogen-bond donors (Lipinski definition) is 1. The normalized spacial score (nSPS) is 10.6. The zero-order chi connectivity index (χ0) is 15.5. The first kappa shape index (κ1) is 14.2. The van der Waals surface area contributed by atoms with Crippen molar-refractivity contribution in [1.29, 1.82) is 0 Å². The molecule has 4 nitrogen and oxygen atoms in total. The standard InChI is InChI=1S/C18H17NO3/c1-12-5-3-4-6-16(12)19-11-13-9-18(20)22-17-10-14(21-2)7-8-15(13)17/h3-10,19H,11H2,1-2H3. The summed E-state index contributed by atoms with van der Waals surface area (Å²) in [5.41, 5.74) is 3.29. The van der Waals surface area contributed by atoms with E-state index in [2.05, 4.69) is 5.32 Å². The molecule has 2 aromatic carbocycles. The average molecular weight is 295 g/mol. The Kier molecular flexibility index (Phi) is 3.83. The highest BCUT2D eigenvalue weighted by Crippen LogP contribution is 2.23. The van der Waals surface area contributed by atoms with Crippen LogP contribution in [-0.2, 0) is 6.54 Å². The summed E-state index contributed by atoms with van der Waals surface area (Å²) in [7, 11) is 1.59. The second-order valence-electron chi connectivity index (χ2n) is 5.12. The molecule has 1 N–H and O–H groups in total. The molecule has 1 aromatic heterocycles. The molecule has 4 heteroatoms. The molecular weight excluding hydrogens is 278 g/mol. The number of rotatable bonds is 4. The van der Waals surface area contributed by atoms with Gasteiger partial charge in [-0.2, -0.15) is 0 Å². The van der Waals surface area contributed by atoms with Gasteiger partial charge in [0.1, 0.15) is 11.3 Å². The van der Waals surface area contributed by atoms with Gasteiger partial charge >= 0.3 is 5.63 Å². The van der Waals surface area contributed by atoms with Crippen LogP contribution in [0.2, 0.25) is 0 Å². The van der Waals surface area contributed by atoms with Gasteiger partial charge in [-0.25, -0.2) is 4.79 Å². The minimum Gasteiger partial charge on any atom is -0.497 e. The van der Waals surface area contributed by atoms with E-state index in [1.165, 1.54) is 6.07 Å². The summed E-state index contributed by atoms with van der Waals surface area (Å²) < 4.78 is 10.4. The van der Waals surface area contributed by atoms with Crippen molar-refractivity contribution < 1.29 is 9.15 Å². The van der Waals surface area contributed by atoms with E-state index in [1.807, 2.05) is 43.3 Å². The van der Waals surface area contributed by atoms with Crippen LogP contribution in [0.25, 0.3) is 11.0 Å². The Labute approximate surface area is 128 Å². The summed E-state index contributed by atoms with van der Waals surface area (Å²) in [4.78, 5) is 11.7. The van der Waals surface area contributed by atoms with E-state index in [0.717, 1.165) is 22.2 Å². The molecule has 3 rings (SSSR count). The van der Waals surface area contributed by atoms with Gasteiger partial charge in [0, 0.05) is 29.8 Å². The van der Waals surface area contributed by atoms with Gasteiger partial charge < -0.3 is 14.5 Å². The molecule has 0 spiro atoms. The molecule has 0 amide bonds. The minimum absolute atomic E-state index is 0.359. The predicted octanol–water partition coefficient (Wildman–Crippen LogP) is 3.72. The molecule has 1 heterocycles. The second kappa shape index (κ2) is 5.93. The van der Waals surface area contributed by atoms with Crippen LogP contribution in [0.3, 0.4) is 0 Å². The topological polar surface area (TPSA) is 51.5 Å². The lowest BCUT2D eigenvalue weighted by Gasteiger charge is -2.11. The molecule has 0 saturated carbocycles. The Morgan fingerprint density at radius 2 is 1.95 bits per heavy atom. The average Bonchev–Trinajstić information content (AvgIpc) is 2.53. The maximum atomic E-state index is 11.7. The van der Waals surface area contributed by atoms with Crippen LogP contribution in [-0.4, -0.2) is 7.11 Å². The van der Waals surface area contributed by atoms with Gasteiger partial charge in [0.05, 0.1) is 7.11 Å². The van der Waals surface area contributed by atoms with E-state index in [4.69, 9.17) is 9.15 Å². The SMILES string of the molecule is COc1ccc2c(CNc3ccccc3C)cc(=O)oc2c1. The smallest absolute Gasteiger partial charge is 0.336 e. The van der Waals surface area contributed by atoms with Crippen molar-refractivity contribution in [2.45, 2.75) is 13.5 Å². The molecule has 0 bridgehead atoms. The highest BCUT2D eigenvalue weighted by Gasteiger charge is 2.07. The third-order valence-corrected chi connectivity index (χ3v) is 3.65. The van der Waals surface area contributed by atoms with Crippen molar-refractivity contribution in [2.24, 2.45) is 0 Å². The van der Waals surface area contributed by atoms with Crippen molar-refractivity contribution in [3.05, 3.63) is 70.1 Å². The van der Waals surface area contributed by atoms with Gasteiger partial charge in [-0.1, -0.05) is 18.2 Å². The van der Waals surface area contributed by atoms with Gasteiger partial charge in [-0.3, -0.25) is 0 Å². The van der Waals surface area contributed by atoms with Crippen LogP contribution >= 0.6 is 0 Å². The van der Waals surface area contributed by atoms with Gasteiger partial charge in [-0.15, -0.1) is 0 Å². The molecular formula is C18H17NO3. The third kappa shape index (κ3) is 2.81. The van der Waals surface area contributed by atoms with Gasteiger partial charge in [0.2, 0.25) is 0 Å². The lowest BCUT2D eigenvalue weighted by molar-refractivity contribution is 0.414. The molecule has 0 fully saturated rings. The lowest BCUT2D eigenvalue weighted by atomic mass is 10.1. The summed E-state index contributed by atoms with van der Waals surface area (Å²) in [6, 6.07) is 15.1. The van der Waals surface area contributed by atoms with Gasteiger partial charge in [0.25, 0.3) is 0 Å². The molecule has 22 heavy (non-hydrogen) atoms. The first-order valence-corrected chi connectivity index (χ1v) is 7.07. The summed E-state index contributed by atoms with van der Waals surface area (Å²) >= 11 is 0. The quantitative estimate of drug-likeness (QED) is 0.745. The Bertz CT molecular complexity index is 868. The number of methoxy groups -OCH3 is 1. The first-order chi connectivity index (χ1) is 10.7. The molecule has 112 valence electrons. The van der Waals surface area contributed by atoms with Crippen LogP contribution in [0, 0.1) is 6.92 Å². The van der Waals surface area contributed by atoms with Crippen LogP contribution in [0.1, 0.15) is 11.1 Å². The molecule has 3 aromatic rings. The number of benzene rings is 2. The summed E-state index contributed by atoms with van der Waals surface area (Å²) in [6.45, 7) is 2.60. The Hall–Kier alpha value is -2.75. The third-order valence-electron chi connectivity index (χ3n) is 3.65. The molecule has 0 atom stereocenters. The summed E-state index contributed by atoms with van der Waals surface area (Å²) in [5, 5.41) is 4.27. The highest BCUT2D eigenvalue weighted by molar-refractivity contribution is 5.81. The monoisotopic (exact) mass is 295 g/mol. The largest absolute Gasteiger partial charge is 0.497 e.